The van der Waals surface area contributed by atoms with Crippen LogP contribution in [0.2, 0.25) is 0 Å². The molecule has 0 bridgehead atoms. The summed E-state index contributed by atoms with van der Waals surface area (Å²) in [7, 11) is 0. The standard InChI is InChI=1S/C12H14N4O/c1-7-4-8(2)6-10(5-7)16-14-9(3)11(15-16)12(13)17/h4-6H,1-3H3,(H2,13,17). The van der Waals surface area contributed by atoms with Gasteiger partial charge in [-0.2, -0.15) is 9.90 Å². The van der Waals surface area contributed by atoms with Crippen LogP contribution in [0.4, 0.5) is 0 Å². The van der Waals surface area contributed by atoms with E-state index in [0.717, 1.165) is 16.8 Å². The highest BCUT2D eigenvalue weighted by Crippen LogP contribution is 2.13. The quantitative estimate of drug-likeness (QED) is 0.844. The minimum Gasteiger partial charge on any atom is -0.364 e. The van der Waals surface area contributed by atoms with Crippen LogP contribution in [-0.4, -0.2) is 20.9 Å². The number of aryl methyl sites for hydroxylation is 3. The van der Waals surface area contributed by atoms with E-state index in [-0.39, 0.29) is 5.69 Å². The number of amides is 1. The van der Waals surface area contributed by atoms with Crippen molar-refractivity contribution in [2.24, 2.45) is 5.73 Å². The Kier molecular flexibility index (Phi) is 2.67. The van der Waals surface area contributed by atoms with Crippen molar-refractivity contribution in [3.8, 4) is 5.69 Å². The summed E-state index contributed by atoms with van der Waals surface area (Å²) in [6.07, 6.45) is 0. The fourth-order valence-electron chi connectivity index (χ4n) is 1.79. The third-order valence-electron chi connectivity index (χ3n) is 2.45. The van der Waals surface area contributed by atoms with Gasteiger partial charge in [0.15, 0.2) is 5.69 Å². The minimum atomic E-state index is -0.557. The maximum absolute atomic E-state index is 11.1. The van der Waals surface area contributed by atoms with Gasteiger partial charge in [-0.1, -0.05) is 6.07 Å². The molecule has 2 aromatic rings. The Bertz CT molecular complexity index is 566. The Morgan fingerprint density at radius 1 is 1.12 bits per heavy atom. The lowest BCUT2D eigenvalue weighted by atomic mass is 10.1. The molecule has 1 aromatic heterocycles. The van der Waals surface area contributed by atoms with Crippen LogP contribution in [0.3, 0.4) is 0 Å². The van der Waals surface area contributed by atoms with Gasteiger partial charge >= 0.3 is 0 Å². The molecule has 0 aliphatic carbocycles. The van der Waals surface area contributed by atoms with Gasteiger partial charge in [0.05, 0.1) is 11.4 Å². The molecule has 2 N–H and O–H groups in total. The van der Waals surface area contributed by atoms with Gasteiger partial charge in [-0.05, 0) is 44.0 Å². The molecule has 0 aliphatic rings. The zero-order valence-electron chi connectivity index (χ0n) is 10.1. The monoisotopic (exact) mass is 230 g/mol. The first kappa shape index (κ1) is 11.3. The van der Waals surface area contributed by atoms with Gasteiger partial charge in [0.25, 0.3) is 5.91 Å². The lowest BCUT2D eigenvalue weighted by Gasteiger charge is -2.02. The first-order valence-electron chi connectivity index (χ1n) is 5.30. The molecule has 0 saturated carbocycles. The molecule has 88 valence electrons. The summed E-state index contributed by atoms with van der Waals surface area (Å²) in [5.74, 6) is -0.557. The predicted octanol–water partition coefficient (Wildman–Crippen LogP) is 1.29. The molecule has 0 atom stereocenters. The van der Waals surface area contributed by atoms with E-state index < -0.39 is 5.91 Å². The summed E-state index contributed by atoms with van der Waals surface area (Å²) in [4.78, 5) is 12.5. The molecule has 0 spiro atoms. The second-order valence-electron chi connectivity index (χ2n) is 4.13. The van der Waals surface area contributed by atoms with Gasteiger partial charge in [0.1, 0.15) is 0 Å². The number of benzene rings is 1. The van der Waals surface area contributed by atoms with E-state index in [2.05, 4.69) is 16.3 Å². The summed E-state index contributed by atoms with van der Waals surface area (Å²) in [5, 5.41) is 8.28. The first-order valence-corrected chi connectivity index (χ1v) is 5.30. The lowest BCUT2D eigenvalue weighted by Crippen LogP contribution is -2.13. The molecular weight excluding hydrogens is 216 g/mol. The number of carbonyl (C=O) groups excluding carboxylic acids is 1. The molecule has 17 heavy (non-hydrogen) atoms. The normalized spacial score (nSPS) is 10.5. The Morgan fingerprint density at radius 2 is 1.71 bits per heavy atom. The molecule has 0 radical (unpaired) electrons. The first-order chi connectivity index (χ1) is 7.97. The van der Waals surface area contributed by atoms with E-state index in [4.69, 9.17) is 5.73 Å². The Balaban J connectivity index is 2.53. The summed E-state index contributed by atoms with van der Waals surface area (Å²) >= 11 is 0. The van der Waals surface area contributed by atoms with Crippen LogP contribution in [0.5, 0.6) is 0 Å². The number of carbonyl (C=O) groups is 1. The molecule has 1 heterocycles. The van der Waals surface area contributed by atoms with Crippen molar-refractivity contribution in [2.75, 3.05) is 0 Å². The molecule has 5 heteroatoms. The largest absolute Gasteiger partial charge is 0.364 e. The number of aromatic nitrogens is 3. The van der Waals surface area contributed by atoms with Crippen molar-refractivity contribution in [1.82, 2.24) is 15.0 Å². The van der Waals surface area contributed by atoms with Crippen LogP contribution < -0.4 is 5.73 Å². The number of nitrogens with two attached hydrogens (primary N) is 1. The van der Waals surface area contributed by atoms with Crippen molar-refractivity contribution in [2.45, 2.75) is 20.8 Å². The van der Waals surface area contributed by atoms with E-state index in [9.17, 15) is 4.79 Å². The minimum absolute atomic E-state index is 0.212. The molecule has 1 amide bonds. The predicted molar refractivity (Wildman–Crippen MR) is 64.1 cm³/mol. The maximum Gasteiger partial charge on any atom is 0.271 e. The van der Waals surface area contributed by atoms with Crippen LogP contribution in [-0.2, 0) is 0 Å². The maximum atomic E-state index is 11.1. The van der Waals surface area contributed by atoms with Crippen LogP contribution in [0.15, 0.2) is 18.2 Å². The highest BCUT2D eigenvalue weighted by molar-refractivity contribution is 5.91. The van der Waals surface area contributed by atoms with Crippen LogP contribution >= 0.6 is 0 Å². The van der Waals surface area contributed by atoms with Gasteiger partial charge in [-0.15, -0.1) is 5.10 Å². The Labute approximate surface area is 99.2 Å². The number of hydrogen-bond donors (Lipinski definition) is 1. The average molecular weight is 230 g/mol. The lowest BCUT2D eigenvalue weighted by molar-refractivity contribution is 0.0994. The van der Waals surface area contributed by atoms with Crippen molar-refractivity contribution in [3.05, 3.63) is 40.7 Å². The zero-order valence-corrected chi connectivity index (χ0v) is 10.1. The summed E-state index contributed by atoms with van der Waals surface area (Å²) in [5.41, 5.74) is 9.04. The van der Waals surface area contributed by atoms with Crippen molar-refractivity contribution in [3.63, 3.8) is 0 Å². The molecule has 0 unspecified atom stereocenters. The third kappa shape index (κ3) is 2.18. The van der Waals surface area contributed by atoms with Crippen molar-refractivity contribution < 1.29 is 4.79 Å². The molecule has 5 nitrogen and oxygen atoms in total. The molecule has 2 rings (SSSR count). The van der Waals surface area contributed by atoms with E-state index in [1.54, 1.807) is 6.92 Å². The fraction of sp³-hybridized carbons (Fsp3) is 0.250. The van der Waals surface area contributed by atoms with Gasteiger partial charge in [-0.3, -0.25) is 4.79 Å². The van der Waals surface area contributed by atoms with E-state index in [1.165, 1.54) is 4.80 Å². The molecule has 0 saturated heterocycles. The van der Waals surface area contributed by atoms with Gasteiger partial charge in [0, 0.05) is 0 Å². The number of nitrogens with zero attached hydrogens (tertiary/aromatic N) is 3. The molecule has 1 aromatic carbocycles. The van der Waals surface area contributed by atoms with Gasteiger partial charge < -0.3 is 5.73 Å². The number of rotatable bonds is 2. The smallest absolute Gasteiger partial charge is 0.271 e. The SMILES string of the molecule is Cc1cc(C)cc(-n2nc(C)c(C(N)=O)n2)c1. The van der Waals surface area contributed by atoms with Crippen molar-refractivity contribution >= 4 is 5.91 Å². The Morgan fingerprint density at radius 3 is 2.18 bits per heavy atom. The second kappa shape index (κ2) is 4.01. The topological polar surface area (TPSA) is 73.8 Å². The van der Waals surface area contributed by atoms with Crippen molar-refractivity contribution in [1.29, 1.82) is 0 Å². The third-order valence-corrected chi connectivity index (χ3v) is 2.45. The van der Waals surface area contributed by atoms with E-state index >= 15 is 0 Å². The zero-order chi connectivity index (χ0) is 12.6. The molecular formula is C12H14N4O. The fourth-order valence-corrected chi connectivity index (χ4v) is 1.79. The van der Waals surface area contributed by atoms with Gasteiger partial charge in [0.2, 0.25) is 0 Å². The second-order valence-corrected chi connectivity index (χ2v) is 4.13. The van der Waals surface area contributed by atoms with E-state index in [1.807, 2.05) is 26.0 Å². The van der Waals surface area contributed by atoms with Crippen LogP contribution in [0.1, 0.15) is 27.3 Å². The van der Waals surface area contributed by atoms with Crippen LogP contribution in [0.25, 0.3) is 5.69 Å². The van der Waals surface area contributed by atoms with Crippen LogP contribution in [0, 0.1) is 20.8 Å². The van der Waals surface area contributed by atoms with Gasteiger partial charge in [-0.25, -0.2) is 0 Å². The highest BCUT2D eigenvalue weighted by atomic mass is 16.1. The highest BCUT2D eigenvalue weighted by Gasteiger charge is 2.13. The summed E-state index contributed by atoms with van der Waals surface area (Å²) < 4.78 is 0. The Hall–Kier alpha value is -2.17. The van der Waals surface area contributed by atoms with E-state index in [0.29, 0.717) is 5.69 Å². The average Bonchev–Trinajstić information content (AvgIpc) is 2.59. The summed E-state index contributed by atoms with van der Waals surface area (Å²) in [6, 6.07) is 5.98. The molecule has 0 aliphatic heterocycles. The summed E-state index contributed by atoms with van der Waals surface area (Å²) in [6.45, 7) is 5.72. The number of hydrogen-bond acceptors (Lipinski definition) is 3. The number of primary amides is 1. The molecule has 0 fully saturated rings.